The number of halogens is 1. The molecule has 4 rings (SSSR count). The Labute approximate surface area is 187 Å². The van der Waals surface area contributed by atoms with E-state index < -0.39 is 6.04 Å². The number of amides is 2. The van der Waals surface area contributed by atoms with Crippen LogP contribution in [0.4, 0.5) is 11.4 Å². The normalized spacial score (nSPS) is 15.0. The number of H-pyrrole nitrogens is 1. The average Bonchev–Trinajstić information content (AvgIpc) is 3.16. The van der Waals surface area contributed by atoms with E-state index in [9.17, 15) is 9.59 Å². The Morgan fingerprint density at radius 1 is 1.13 bits per heavy atom. The van der Waals surface area contributed by atoms with Crippen LogP contribution < -0.4 is 15.5 Å². The van der Waals surface area contributed by atoms with E-state index in [1.165, 1.54) is 26.2 Å². The van der Waals surface area contributed by atoms with E-state index in [4.69, 9.17) is 11.6 Å². The minimum atomic E-state index is -0.697. The maximum absolute atomic E-state index is 13.0. The second kappa shape index (κ2) is 9.43. The number of aromatic amines is 1. The lowest BCUT2D eigenvalue weighted by Gasteiger charge is -2.29. The van der Waals surface area contributed by atoms with Gasteiger partial charge in [0, 0.05) is 49.2 Å². The first-order valence-corrected chi connectivity index (χ1v) is 11.1. The third-order valence-electron chi connectivity index (χ3n) is 5.70. The molecular weight excluding hydrogens is 412 g/mol. The van der Waals surface area contributed by atoms with Crippen molar-refractivity contribution in [3.8, 4) is 0 Å². The van der Waals surface area contributed by atoms with E-state index in [0.717, 1.165) is 35.2 Å². The molecule has 1 aromatic heterocycles. The summed E-state index contributed by atoms with van der Waals surface area (Å²) in [4.78, 5) is 30.3. The van der Waals surface area contributed by atoms with Gasteiger partial charge in [0.2, 0.25) is 11.8 Å². The van der Waals surface area contributed by atoms with Crippen molar-refractivity contribution < 1.29 is 9.59 Å². The molecule has 0 aliphatic carbocycles. The van der Waals surface area contributed by atoms with Crippen molar-refractivity contribution in [1.29, 1.82) is 0 Å². The van der Waals surface area contributed by atoms with Crippen molar-refractivity contribution in [3.05, 3.63) is 59.2 Å². The predicted molar refractivity (Wildman–Crippen MR) is 126 cm³/mol. The highest BCUT2D eigenvalue weighted by molar-refractivity contribution is 6.33. The van der Waals surface area contributed by atoms with E-state index in [1.54, 1.807) is 6.07 Å². The second-order valence-corrected chi connectivity index (χ2v) is 8.43. The number of nitrogens with one attached hydrogen (secondary N) is 3. The van der Waals surface area contributed by atoms with Crippen molar-refractivity contribution in [2.45, 2.75) is 38.6 Å². The number of piperidine rings is 1. The first kappa shape index (κ1) is 21.2. The summed E-state index contributed by atoms with van der Waals surface area (Å²) in [7, 11) is 0. The van der Waals surface area contributed by atoms with Gasteiger partial charge >= 0.3 is 0 Å². The Morgan fingerprint density at radius 3 is 2.65 bits per heavy atom. The number of hydrogen-bond donors (Lipinski definition) is 3. The summed E-state index contributed by atoms with van der Waals surface area (Å²) in [6, 6.07) is 12.8. The molecule has 31 heavy (non-hydrogen) atoms. The smallest absolute Gasteiger partial charge is 0.247 e. The van der Waals surface area contributed by atoms with E-state index in [2.05, 4.69) is 20.5 Å². The van der Waals surface area contributed by atoms with Crippen LogP contribution in [0.1, 0.15) is 31.7 Å². The first-order chi connectivity index (χ1) is 15.0. The molecule has 7 heteroatoms. The molecule has 2 aromatic carbocycles. The maximum Gasteiger partial charge on any atom is 0.247 e. The Hall–Kier alpha value is -2.99. The van der Waals surface area contributed by atoms with Gasteiger partial charge < -0.3 is 20.5 Å². The molecule has 1 aliphatic rings. The quantitative estimate of drug-likeness (QED) is 0.530. The molecule has 0 radical (unpaired) electrons. The van der Waals surface area contributed by atoms with Gasteiger partial charge in [0.15, 0.2) is 0 Å². The molecule has 1 saturated heterocycles. The summed E-state index contributed by atoms with van der Waals surface area (Å²) < 4.78 is 0. The van der Waals surface area contributed by atoms with Crippen LogP contribution in [0.25, 0.3) is 10.9 Å². The Kier molecular flexibility index (Phi) is 6.47. The maximum atomic E-state index is 13.0. The van der Waals surface area contributed by atoms with Gasteiger partial charge in [0.1, 0.15) is 6.04 Å². The number of carbonyl (C=O) groups excluding carboxylic acids is 2. The van der Waals surface area contributed by atoms with E-state index in [-0.39, 0.29) is 11.8 Å². The molecule has 1 unspecified atom stereocenters. The largest absolute Gasteiger partial charge is 0.370 e. The fourth-order valence-corrected chi connectivity index (χ4v) is 4.48. The molecular formula is C24H27ClN4O2. The lowest BCUT2D eigenvalue weighted by Crippen LogP contribution is -2.44. The molecule has 1 atom stereocenters. The first-order valence-electron chi connectivity index (χ1n) is 10.7. The molecule has 162 valence electrons. The second-order valence-electron chi connectivity index (χ2n) is 8.02. The average molecular weight is 439 g/mol. The summed E-state index contributed by atoms with van der Waals surface area (Å²) in [6.45, 7) is 3.42. The van der Waals surface area contributed by atoms with Crippen LogP contribution in [-0.4, -0.2) is 35.9 Å². The van der Waals surface area contributed by atoms with Crippen molar-refractivity contribution in [2.75, 3.05) is 23.3 Å². The van der Waals surface area contributed by atoms with Crippen LogP contribution in [-0.2, 0) is 16.0 Å². The van der Waals surface area contributed by atoms with Gasteiger partial charge in [0.25, 0.3) is 0 Å². The zero-order valence-corrected chi connectivity index (χ0v) is 18.3. The van der Waals surface area contributed by atoms with Crippen LogP contribution in [0.5, 0.6) is 0 Å². The third-order valence-corrected chi connectivity index (χ3v) is 6.01. The molecule has 1 aliphatic heterocycles. The number of carbonyl (C=O) groups is 2. The van der Waals surface area contributed by atoms with E-state index in [1.807, 2.05) is 42.6 Å². The fraction of sp³-hybridized carbons (Fsp3) is 0.333. The molecule has 2 heterocycles. The molecule has 0 saturated carbocycles. The summed E-state index contributed by atoms with van der Waals surface area (Å²) in [5.74, 6) is -0.527. The summed E-state index contributed by atoms with van der Waals surface area (Å²) in [5, 5.41) is 7.35. The van der Waals surface area contributed by atoms with Crippen molar-refractivity contribution in [2.24, 2.45) is 0 Å². The molecule has 0 spiro atoms. The minimum absolute atomic E-state index is 0.251. The van der Waals surface area contributed by atoms with Crippen molar-refractivity contribution in [1.82, 2.24) is 10.3 Å². The van der Waals surface area contributed by atoms with E-state index >= 15 is 0 Å². The molecule has 0 bridgehead atoms. The molecule has 3 N–H and O–H groups in total. The number of benzene rings is 2. The Morgan fingerprint density at radius 2 is 1.90 bits per heavy atom. The SMILES string of the molecule is CC(=O)NC(Cc1c[nH]c2ccccc12)C(=O)Nc1ccc(N2CCCCC2)c(Cl)c1. The summed E-state index contributed by atoms with van der Waals surface area (Å²) in [6.07, 6.45) is 5.86. The number of para-hydroxylation sites is 1. The van der Waals surface area contributed by atoms with Gasteiger partial charge in [-0.3, -0.25) is 9.59 Å². The van der Waals surface area contributed by atoms with Crippen LogP contribution in [0, 0.1) is 0 Å². The van der Waals surface area contributed by atoms with Gasteiger partial charge in [-0.2, -0.15) is 0 Å². The minimum Gasteiger partial charge on any atom is -0.370 e. The lowest BCUT2D eigenvalue weighted by atomic mass is 10.0. The fourth-order valence-electron chi connectivity index (χ4n) is 4.18. The van der Waals surface area contributed by atoms with Gasteiger partial charge in [-0.05, 0) is 49.1 Å². The number of hydrogen-bond acceptors (Lipinski definition) is 3. The zero-order chi connectivity index (χ0) is 21.8. The number of aromatic nitrogens is 1. The van der Waals surface area contributed by atoms with Crippen LogP contribution in [0.3, 0.4) is 0 Å². The lowest BCUT2D eigenvalue weighted by molar-refractivity contribution is -0.125. The highest BCUT2D eigenvalue weighted by Gasteiger charge is 2.22. The van der Waals surface area contributed by atoms with E-state index in [0.29, 0.717) is 17.1 Å². The summed E-state index contributed by atoms with van der Waals surface area (Å²) >= 11 is 6.52. The van der Waals surface area contributed by atoms with Gasteiger partial charge in [-0.1, -0.05) is 29.8 Å². The third kappa shape index (κ3) is 5.02. The van der Waals surface area contributed by atoms with Crippen molar-refractivity contribution >= 4 is 45.7 Å². The molecule has 1 fully saturated rings. The monoisotopic (exact) mass is 438 g/mol. The van der Waals surface area contributed by atoms with Gasteiger partial charge in [-0.15, -0.1) is 0 Å². The van der Waals surface area contributed by atoms with Gasteiger partial charge in [0.05, 0.1) is 10.7 Å². The van der Waals surface area contributed by atoms with Crippen molar-refractivity contribution in [3.63, 3.8) is 0 Å². The topological polar surface area (TPSA) is 77.2 Å². The highest BCUT2D eigenvalue weighted by Crippen LogP contribution is 2.31. The van der Waals surface area contributed by atoms with Gasteiger partial charge in [-0.25, -0.2) is 0 Å². The Bertz CT molecular complexity index is 1090. The number of rotatable bonds is 6. The van der Waals surface area contributed by atoms with Crippen LogP contribution in [0.15, 0.2) is 48.7 Å². The molecule has 3 aromatic rings. The zero-order valence-electron chi connectivity index (χ0n) is 17.6. The Balaban J connectivity index is 1.49. The molecule has 2 amide bonds. The summed E-state index contributed by atoms with van der Waals surface area (Å²) in [5.41, 5.74) is 3.59. The number of nitrogens with zero attached hydrogens (tertiary/aromatic N) is 1. The van der Waals surface area contributed by atoms with Crippen LogP contribution in [0.2, 0.25) is 5.02 Å². The van der Waals surface area contributed by atoms with Crippen LogP contribution >= 0.6 is 11.6 Å². The number of anilines is 2. The highest BCUT2D eigenvalue weighted by atomic mass is 35.5. The number of fused-ring (bicyclic) bond motifs is 1. The predicted octanol–water partition coefficient (Wildman–Crippen LogP) is 4.50. The standard InChI is InChI=1S/C24H27ClN4O2/c1-16(30)27-22(13-17-15-26-21-8-4-3-7-19(17)21)24(31)28-18-9-10-23(20(25)14-18)29-11-5-2-6-12-29/h3-4,7-10,14-15,22,26H,2,5-6,11-13H2,1H3,(H,27,30)(H,28,31). The molecule has 6 nitrogen and oxygen atoms in total.